The molecule has 0 saturated carbocycles. The second-order valence-electron chi connectivity index (χ2n) is 5.76. The number of benzene rings is 1. The monoisotopic (exact) mass is 351 g/mol. The van der Waals surface area contributed by atoms with Crippen molar-refractivity contribution in [1.29, 1.82) is 0 Å². The Morgan fingerprint density at radius 3 is 2.16 bits per heavy atom. The first-order valence-electron chi connectivity index (χ1n) is 8.25. The fraction of sp³-hybridized carbons (Fsp3) is 0.500. The van der Waals surface area contributed by atoms with Crippen LogP contribution in [0.2, 0.25) is 0 Å². The molecule has 1 aromatic carbocycles. The van der Waals surface area contributed by atoms with Gasteiger partial charge in [-0.2, -0.15) is 0 Å². The van der Waals surface area contributed by atoms with E-state index in [9.17, 15) is 14.4 Å². The SMILES string of the molecule is COC(=O)[C@H](c1ccccc1)[C@@H]1CCCCN1.O=C(O)CCC(=O)O. The van der Waals surface area contributed by atoms with Crippen LogP contribution >= 0.6 is 0 Å². The molecule has 1 fully saturated rings. The number of hydrogen-bond acceptors (Lipinski definition) is 5. The molecular weight excluding hydrogens is 326 g/mol. The lowest BCUT2D eigenvalue weighted by atomic mass is 9.86. The van der Waals surface area contributed by atoms with Gasteiger partial charge in [0.1, 0.15) is 0 Å². The predicted molar refractivity (Wildman–Crippen MR) is 91.3 cm³/mol. The summed E-state index contributed by atoms with van der Waals surface area (Å²) < 4.78 is 4.94. The van der Waals surface area contributed by atoms with E-state index in [-0.39, 0.29) is 30.8 Å². The fourth-order valence-electron chi connectivity index (χ4n) is 2.70. The summed E-state index contributed by atoms with van der Waals surface area (Å²) >= 11 is 0. The third kappa shape index (κ3) is 7.80. The van der Waals surface area contributed by atoms with Crippen molar-refractivity contribution in [2.75, 3.05) is 13.7 Å². The summed E-state index contributed by atoms with van der Waals surface area (Å²) in [5, 5.41) is 19.2. The zero-order chi connectivity index (χ0) is 18.7. The maximum atomic E-state index is 11.9. The van der Waals surface area contributed by atoms with Crippen molar-refractivity contribution < 1.29 is 29.3 Å². The van der Waals surface area contributed by atoms with Crippen LogP contribution in [0.4, 0.5) is 0 Å². The topological polar surface area (TPSA) is 113 Å². The van der Waals surface area contributed by atoms with E-state index in [1.165, 1.54) is 20.0 Å². The number of esters is 1. The van der Waals surface area contributed by atoms with E-state index in [0.29, 0.717) is 0 Å². The maximum Gasteiger partial charge on any atom is 0.314 e. The minimum Gasteiger partial charge on any atom is -0.481 e. The predicted octanol–water partition coefficient (Wildman–Crippen LogP) is 2.02. The van der Waals surface area contributed by atoms with Crippen LogP contribution < -0.4 is 5.32 Å². The summed E-state index contributed by atoms with van der Waals surface area (Å²) in [6, 6.07) is 10.1. The van der Waals surface area contributed by atoms with E-state index in [2.05, 4.69) is 5.32 Å². The first-order valence-corrected chi connectivity index (χ1v) is 8.25. The second kappa shape index (κ2) is 11.2. The van der Waals surface area contributed by atoms with Gasteiger partial charge in [0.05, 0.1) is 25.9 Å². The quantitative estimate of drug-likeness (QED) is 0.672. The highest BCUT2D eigenvalue weighted by Gasteiger charge is 2.31. The molecule has 7 nitrogen and oxygen atoms in total. The molecule has 1 aliphatic rings. The number of aliphatic carboxylic acids is 2. The minimum atomic E-state index is -1.08. The van der Waals surface area contributed by atoms with Crippen LogP contribution in [0.5, 0.6) is 0 Å². The van der Waals surface area contributed by atoms with E-state index >= 15 is 0 Å². The molecule has 1 aliphatic heterocycles. The van der Waals surface area contributed by atoms with Gasteiger partial charge in [-0.05, 0) is 24.9 Å². The van der Waals surface area contributed by atoms with E-state index < -0.39 is 11.9 Å². The molecule has 2 rings (SSSR count). The van der Waals surface area contributed by atoms with Crippen LogP contribution in [0.15, 0.2) is 30.3 Å². The van der Waals surface area contributed by atoms with Gasteiger partial charge >= 0.3 is 17.9 Å². The van der Waals surface area contributed by atoms with Gasteiger partial charge in [0.15, 0.2) is 0 Å². The van der Waals surface area contributed by atoms with E-state index in [0.717, 1.165) is 18.5 Å². The number of piperidine rings is 1. The number of rotatable bonds is 6. The van der Waals surface area contributed by atoms with Crippen molar-refractivity contribution in [3.05, 3.63) is 35.9 Å². The standard InChI is InChI=1S/C14H19NO2.C4H6O4/c1-17-14(16)13(11-7-3-2-4-8-11)12-9-5-6-10-15-12;5-3(6)1-2-4(7)8/h2-4,7-8,12-13,15H,5-6,9-10H2,1H3;1-2H2,(H,5,6)(H,7,8)/t12-,13+;/m0./s1. The molecule has 138 valence electrons. The first-order chi connectivity index (χ1) is 12.0. The van der Waals surface area contributed by atoms with Crippen molar-refractivity contribution in [2.24, 2.45) is 0 Å². The zero-order valence-corrected chi connectivity index (χ0v) is 14.3. The Labute approximate surface area is 147 Å². The number of nitrogens with one attached hydrogen (secondary N) is 1. The van der Waals surface area contributed by atoms with Gasteiger partial charge in [0, 0.05) is 6.04 Å². The smallest absolute Gasteiger partial charge is 0.314 e. The van der Waals surface area contributed by atoms with Gasteiger partial charge in [-0.15, -0.1) is 0 Å². The molecule has 0 spiro atoms. The molecule has 0 aromatic heterocycles. The average Bonchev–Trinajstić information content (AvgIpc) is 2.62. The Morgan fingerprint density at radius 1 is 1.12 bits per heavy atom. The summed E-state index contributed by atoms with van der Waals surface area (Å²) in [5.41, 5.74) is 1.04. The molecule has 1 aromatic rings. The zero-order valence-electron chi connectivity index (χ0n) is 14.3. The summed E-state index contributed by atoms with van der Waals surface area (Å²) in [4.78, 5) is 31.2. The maximum absolute atomic E-state index is 11.9. The number of ether oxygens (including phenoxy) is 1. The second-order valence-corrected chi connectivity index (χ2v) is 5.76. The third-order valence-corrected chi connectivity index (χ3v) is 3.92. The number of carbonyl (C=O) groups is 3. The molecular formula is C18H25NO6. The number of methoxy groups -OCH3 is 1. The van der Waals surface area contributed by atoms with Gasteiger partial charge < -0.3 is 20.3 Å². The van der Waals surface area contributed by atoms with Crippen LogP contribution in [0.25, 0.3) is 0 Å². The van der Waals surface area contributed by atoms with Crippen LogP contribution in [0.1, 0.15) is 43.6 Å². The molecule has 2 atom stereocenters. The molecule has 25 heavy (non-hydrogen) atoms. The van der Waals surface area contributed by atoms with Crippen molar-refractivity contribution >= 4 is 17.9 Å². The van der Waals surface area contributed by atoms with Gasteiger partial charge in [-0.25, -0.2) is 0 Å². The highest BCUT2D eigenvalue weighted by atomic mass is 16.5. The number of carboxylic acids is 2. The van der Waals surface area contributed by atoms with Crippen LogP contribution in [0.3, 0.4) is 0 Å². The fourth-order valence-corrected chi connectivity index (χ4v) is 2.70. The molecule has 0 amide bonds. The largest absolute Gasteiger partial charge is 0.481 e. The van der Waals surface area contributed by atoms with Crippen LogP contribution in [-0.4, -0.2) is 47.8 Å². The number of hydrogen-bond donors (Lipinski definition) is 3. The Kier molecular flexibility index (Phi) is 9.24. The third-order valence-electron chi connectivity index (χ3n) is 3.92. The van der Waals surface area contributed by atoms with Crippen LogP contribution in [0, 0.1) is 0 Å². The number of carboxylic acid groups (broad SMARTS) is 2. The van der Waals surface area contributed by atoms with Gasteiger partial charge in [0.25, 0.3) is 0 Å². The molecule has 1 saturated heterocycles. The molecule has 1 heterocycles. The molecule has 0 bridgehead atoms. The summed E-state index contributed by atoms with van der Waals surface area (Å²) in [6.07, 6.45) is 2.82. The molecule has 0 aliphatic carbocycles. The Hall–Kier alpha value is -2.41. The summed E-state index contributed by atoms with van der Waals surface area (Å²) in [7, 11) is 1.46. The summed E-state index contributed by atoms with van der Waals surface area (Å²) in [6.45, 7) is 0.991. The molecule has 7 heteroatoms. The molecule has 0 radical (unpaired) electrons. The van der Waals surface area contributed by atoms with Crippen molar-refractivity contribution in [1.82, 2.24) is 5.32 Å². The lowest BCUT2D eigenvalue weighted by Crippen LogP contribution is -2.42. The van der Waals surface area contributed by atoms with Gasteiger partial charge in [0.2, 0.25) is 0 Å². The van der Waals surface area contributed by atoms with Crippen LogP contribution in [-0.2, 0) is 19.1 Å². The van der Waals surface area contributed by atoms with Crippen molar-refractivity contribution in [3.63, 3.8) is 0 Å². The van der Waals surface area contributed by atoms with E-state index in [4.69, 9.17) is 14.9 Å². The minimum absolute atomic E-state index is 0.143. The lowest BCUT2D eigenvalue weighted by Gasteiger charge is -2.29. The molecule has 0 unspecified atom stereocenters. The van der Waals surface area contributed by atoms with Crippen molar-refractivity contribution in [3.8, 4) is 0 Å². The van der Waals surface area contributed by atoms with Gasteiger partial charge in [-0.3, -0.25) is 14.4 Å². The lowest BCUT2D eigenvalue weighted by molar-refractivity contribution is -0.143. The first kappa shape index (κ1) is 20.6. The highest BCUT2D eigenvalue weighted by molar-refractivity contribution is 5.79. The van der Waals surface area contributed by atoms with E-state index in [1.807, 2.05) is 30.3 Å². The van der Waals surface area contributed by atoms with Gasteiger partial charge in [-0.1, -0.05) is 36.8 Å². The highest BCUT2D eigenvalue weighted by Crippen LogP contribution is 2.26. The Bertz CT molecular complexity index is 540. The number of carbonyl (C=O) groups excluding carboxylic acids is 1. The van der Waals surface area contributed by atoms with E-state index in [1.54, 1.807) is 0 Å². The van der Waals surface area contributed by atoms with Crippen molar-refractivity contribution in [2.45, 2.75) is 44.1 Å². The Balaban J connectivity index is 0.000000333. The average molecular weight is 351 g/mol. The molecule has 3 N–H and O–H groups in total. The summed E-state index contributed by atoms with van der Waals surface area (Å²) in [5.74, 6) is -2.48. The normalized spacial score (nSPS) is 17.6. The Morgan fingerprint density at radius 2 is 1.72 bits per heavy atom.